The SMILES string of the molecule is Cc1cc(-c2ccc(N(c3ccc4sc5ccccc5c4c3)c3c(C)cccc3-c3ccc4ccccc4c3)c(C)c2)ccc1N(c1ccc2sc3ccccc3c2c1)c1c(C)cccc1-c1ccc2ccccc2c1. The highest BCUT2D eigenvalue weighted by Gasteiger charge is 2.25. The lowest BCUT2D eigenvalue weighted by Crippen LogP contribution is -2.14. The summed E-state index contributed by atoms with van der Waals surface area (Å²) in [6.07, 6.45) is 0. The first-order chi connectivity index (χ1) is 37.3. The Bertz CT molecular complexity index is 4320. The Morgan fingerprint density at radius 2 is 0.658 bits per heavy atom. The zero-order valence-electron chi connectivity index (χ0n) is 42.8. The molecule has 2 nitrogen and oxygen atoms in total. The summed E-state index contributed by atoms with van der Waals surface area (Å²) in [5.74, 6) is 0. The number of thiophene rings is 2. The van der Waals surface area contributed by atoms with E-state index < -0.39 is 0 Å². The molecule has 0 saturated carbocycles. The van der Waals surface area contributed by atoms with Crippen LogP contribution in [0.5, 0.6) is 0 Å². The summed E-state index contributed by atoms with van der Waals surface area (Å²) >= 11 is 3.72. The summed E-state index contributed by atoms with van der Waals surface area (Å²) in [6, 6.07) is 90.3. The van der Waals surface area contributed by atoms with Gasteiger partial charge in [-0.05, 0) is 179 Å². The van der Waals surface area contributed by atoms with Gasteiger partial charge in [-0.3, -0.25) is 0 Å². The van der Waals surface area contributed by atoms with Crippen LogP contribution in [-0.4, -0.2) is 0 Å². The fourth-order valence-electron chi connectivity index (χ4n) is 11.7. The predicted octanol–water partition coefficient (Wildman–Crippen LogP) is 21.9. The average molecular weight is 1010 g/mol. The minimum Gasteiger partial charge on any atom is -0.309 e. The van der Waals surface area contributed by atoms with Crippen LogP contribution in [0.3, 0.4) is 0 Å². The summed E-state index contributed by atoms with van der Waals surface area (Å²) in [4.78, 5) is 5.03. The van der Waals surface area contributed by atoms with E-state index in [4.69, 9.17) is 0 Å². The molecule has 2 heterocycles. The molecule has 0 spiro atoms. The van der Waals surface area contributed by atoms with E-state index >= 15 is 0 Å². The fourth-order valence-corrected chi connectivity index (χ4v) is 13.9. The van der Waals surface area contributed by atoms with E-state index in [0.717, 1.165) is 22.7 Å². The van der Waals surface area contributed by atoms with E-state index in [1.165, 1.54) is 129 Å². The molecule has 362 valence electrons. The van der Waals surface area contributed by atoms with E-state index in [-0.39, 0.29) is 0 Å². The maximum Gasteiger partial charge on any atom is 0.0569 e. The number of para-hydroxylation sites is 2. The number of rotatable bonds is 9. The second-order valence-electron chi connectivity index (χ2n) is 20.3. The molecule has 2 aromatic heterocycles. The third-order valence-corrected chi connectivity index (χ3v) is 17.8. The van der Waals surface area contributed by atoms with Gasteiger partial charge in [-0.25, -0.2) is 0 Å². The highest BCUT2D eigenvalue weighted by Crippen LogP contribution is 2.50. The van der Waals surface area contributed by atoms with E-state index in [9.17, 15) is 0 Å². The fraction of sp³-hybridized carbons (Fsp3) is 0.0556. The Labute approximate surface area is 451 Å². The number of hydrogen-bond donors (Lipinski definition) is 0. The first kappa shape index (κ1) is 45.8. The van der Waals surface area contributed by atoms with Crippen molar-refractivity contribution in [3.63, 3.8) is 0 Å². The van der Waals surface area contributed by atoms with Crippen molar-refractivity contribution in [2.75, 3.05) is 9.80 Å². The van der Waals surface area contributed by atoms with Crippen LogP contribution in [0.2, 0.25) is 0 Å². The Morgan fingerprint density at radius 1 is 0.263 bits per heavy atom. The van der Waals surface area contributed by atoms with Crippen molar-refractivity contribution in [1.82, 2.24) is 0 Å². The van der Waals surface area contributed by atoms with Crippen LogP contribution in [0.25, 0.3) is 95.3 Å². The van der Waals surface area contributed by atoms with Gasteiger partial charge in [-0.15, -0.1) is 22.7 Å². The molecule has 4 heteroatoms. The van der Waals surface area contributed by atoms with Crippen LogP contribution in [0.4, 0.5) is 34.1 Å². The second kappa shape index (κ2) is 18.5. The molecule has 0 amide bonds. The number of aryl methyl sites for hydroxylation is 4. The van der Waals surface area contributed by atoms with Gasteiger partial charge in [-0.2, -0.15) is 0 Å². The van der Waals surface area contributed by atoms with Crippen LogP contribution in [0.1, 0.15) is 22.3 Å². The van der Waals surface area contributed by atoms with E-state index in [0.29, 0.717) is 0 Å². The average Bonchev–Trinajstić information content (AvgIpc) is 4.03. The van der Waals surface area contributed by atoms with Crippen molar-refractivity contribution in [3.8, 4) is 33.4 Å². The molecule has 0 aliphatic carbocycles. The smallest absolute Gasteiger partial charge is 0.0569 e. The molecule has 0 aliphatic heterocycles. The van der Waals surface area contributed by atoms with Crippen molar-refractivity contribution in [2.24, 2.45) is 0 Å². The zero-order valence-corrected chi connectivity index (χ0v) is 44.4. The number of hydrogen-bond acceptors (Lipinski definition) is 4. The molecule has 0 fully saturated rings. The summed E-state index contributed by atoms with van der Waals surface area (Å²) in [7, 11) is 0. The summed E-state index contributed by atoms with van der Waals surface area (Å²) in [6.45, 7) is 9.06. The van der Waals surface area contributed by atoms with Crippen molar-refractivity contribution in [3.05, 3.63) is 265 Å². The molecule has 14 aromatic rings. The number of benzene rings is 12. The quantitative estimate of drug-likeness (QED) is 0.142. The minimum absolute atomic E-state index is 1.14. The van der Waals surface area contributed by atoms with Crippen LogP contribution in [-0.2, 0) is 0 Å². The summed E-state index contributed by atoms with van der Waals surface area (Å²) in [5.41, 5.74) is 18.9. The topological polar surface area (TPSA) is 6.48 Å². The van der Waals surface area contributed by atoms with Crippen LogP contribution >= 0.6 is 22.7 Å². The largest absolute Gasteiger partial charge is 0.309 e. The molecular formula is C72H52N2S2. The Balaban J connectivity index is 0.911. The summed E-state index contributed by atoms with van der Waals surface area (Å²) < 4.78 is 5.20. The molecule has 14 rings (SSSR count). The second-order valence-corrected chi connectivity index (χ2v) is 22.5. The molecule has 0 unspecified atom stereocenters. The third-order valence-electron chi connectivity index (χ3n) is 15.5. The molecule has 12 aromatic carbocycles. The molecule has 0 aliphatic rings. The molecule has 76 heavy (non-hydrogen) atoms. The van der Waals surface area contributed by atoms with Gasteiger partial charge in [0.2, 0.25) is 0 Å². The van der Waals surface area contributed by atoms with Gasteiger partial charge in [0.1, 0.15) is 0 Å². The number of fused-ring (bicyclic) bond motifs is 8. The lowest BCUT2D eigenvalue weighted by molar-refractivity contribution is 1.23. The normalized spacial score (nSPS) is 11.7. The van der Waals surface area contributed by atoms with Gasteiger partial charge in [0.15, 0.2) is 0 Å². The monoisotopic (exact) mass is 1010 g/mol. The van der Waals surface area contributed by atoms with Crippen molar-refractivity contribution < 1.29 is 0 Å². The first-order valence-corrected chi connectivity index (χ1v) is 27.8. The zero-order chi connectivity index (χ0) is 51.0. The highest BCUT2D eigenvalue weighted by molar-refractivity contribution is 7.26. The Hall–Kier alpha value is -8.80. The molecule has 0 bridgehead atoms. The maximum atomic E-state index is 2.51. The maximum absolute atomic E-state index is 2.51. The van der Waals surface area contributed by atoms with Crippen molar-refractivity contribution in [1.29, 1.82) is 0 Å². The van der Waals surface area contributed by atoms with E-state index in [1.54, 1.807) is 0 Å². The lowest BCUT2D eigenvalue weighted by atomic mass is 9.94. The van der Waals surface area contributed by atoms with Crippen molar-refractivity contribution >= 4 is 119 Å². The molecule has 0 radical (unpaired) electrons. The molecular weight excluding hydrogens is 957 g/mol. The van der Waals surface area contributed by atoms with Crippen molar-refractivity contribution in [2.45, 2.75) is 27.7 Å². The molecule has 0 atom stereocenters. The standard InChI is InChI=1S/C72H52N2S2/c1-45-15-13-23-59(55-29-27-49-17-5-7-19-51(49)41-55)71(45)73(57-33-37-69-63(43-57)61-21-9-11-25-67(61)75-69)65-35-31-53(39-47(65)3)54-32-36-66(48(4)40-54)74(58-34-38-70-64(44-58)62-22-10-12-26-68(62)76-70)72-46(2)16-14-24-60(72)56-30-28-50-18-6-8-20-52(50)42-56/h5-44H,1-4H3. The summed E-state index contributed by atoms with van der Waals surface area (Å²) in [5, 5.41) is 10.1. The van der Waals surface area contributed by atoms with Crippen LogP contribution in [0, 0.1) is 27.7 Å². The van der Waals surface area contributed by atoms with Gasteiger partial charge in [0.25, 0.3) is 0 Å². The first-order valence-electron chi connectivity index (χ1n) is 26.1. The van der Waals surface area contributed by atoms with Gasteiger partial charge >= 0.3 is 0 Å². The highest BCUT2D eigenvalue weighted by atomic mass is 32.1. The van der Waals surface area contributed by atoms with Gasteiger partial charge in [0, 0.05) is 74.2 Å². The number of nitrogens with zero attached hydrogens (tertiary/aromatic N) is 2. The number of anilines is 6. The Kier molecular flexibility index (Phi) is 11.2. The van der Waals surface area contributed by atoms with Gasteiger partial charge < -0.3 is 9.80 Å². The minimum atomic E-state index is 1.14. The van der Waals surface area contributed by atoms with Gasteiger partial charge in [0.05, 0.1) is 11.4 Å². The third kappa shape index (κ3) is 7.83. The Morgan fingerprint density at radius 3 is 1.11 bits per heavy atom. The predicted molar refractivity (Wildman–Crippen MR) is 332 cm³/mol. The van der Waals surface area contributed by atoms with E-state index in [2.05, 4.69) is 280 Å². The molecule has 0 saturated heterocycles. The lowest BCUT2D eigenvalue weighted by Gasteiger charge is -2.31. The van der Waals surface area contributed by atoms with Gasteiger partial charge in [-0.1, -0.05) is 158 Å². The molecule has 0 N–H and O–H groups in total. The van der Waals surface area contributed by atoms with Crippen LogP contribution < -0.4 is 9.80 Å². The van der Waals surface area contributed by atoms with E-state index in [1.807, 2.05) is 22.7 Å². The van der Waals surface area contributed by atoms with Crippen LogP contribution in [0.15, 0.2) is 243 Å².